The zero-order chi connectivity index (χ0) is 12.9. The molecule has 0 saturated heterocycles. The molecular weight excluding hydrogens is 239 g/mol. The Balaban J connectivity index is 3.03. The van der Waals surface area contributed by atoms with Crippen LogP contribution in [0.1, 0.15) is 31.1 Å². The van der Waals surface area contributed by atoms with Crippen LogP contribution in [0.5, 0.6) is 0 Å². The van der Waals surface area contributed by atoms with Gasteiger partial charge in [0.1, 0.15) is 0 Å². The van der Waals surface area contributed by atoms with E-state index >= 15 is 0 Å². The minimum atomic E-state index is -3.23. The van der Waals surface area contributed by atoms with Gasteiger partial charge in [-0.1, -0.05) is 12.1 Å². The second-order valence-electron chi connectivity index (χ2n) is 3.44. The number of ketones is 1. The van der Waals surface area contributed by atoms with Crippen molar-refractivity contribution in [2.24, 2.45) is 0 Å². The largest absolute Gasteiger partial charge is 0.361 e. The summed E-state index contributed by atoms with van der Waals surface area (Å²) in [5, 5.41) is 0.478. The van der Waals surface area contributed by atoms with Gasteiger partial charge in [0.25, 0.3) is 0 Å². The third kappa shape index (κ3) is 3.50. The van der Waals surface area contributed by atoms with E-state index in [1.807, 2.05) is 0 Å². The van der Waals surface area contributed by atoms with Crippen LogP contribution in [0.15, 0.2) is 24.3 Å². The van der Waals surface area contributed by atoms with Crippen LogP contribution in [0.2, 0.25) is 0 Å². The molecule has 0 aromatic heterocycles. The van der Waals surface area contributed by atoms with Crippen molar-refractivity contribution in [3.8, 4) is 0 Å². The van der Waals surface area contributed by atoms with Crippen LogP contribution in [0, 0.1) is 0 Å². The van der Waals surface area contributed by atoms with Crippen molar-refractivity contribution < 1.29 is 18.4 Å². The van der Waals surface area contributed by atoms with Crippen molar-refractivity contribution in [2.75, 3.05) is 13.2 Å². The van der Waals surface area contributed by atoms with Gasteiger partial charge in [-0.25, -0.2) is 0 Å². The van der Waals surface area contributed by atoms with Crippen molar-refractivity contribution >= 4 is 18.7 Å². The molecule has 0 heterocycles. The zero-order valence-electron chi connectivity index (χ0n) is 10.3. The molecule has 0 bridgehead atoms. The first-order chi connectivity index (χ1) is 8.03. The quantitative estimate of drug-likeness (QED) is 0.580. The lowest BCUT2D eigenvalue weighted by atomic mass is 10.2. The number of hydrogen-bond acceptors (Lipinski definition) is 4. The molecule has 0 amide bonds. The van der Waals surface area contributed by atoms with Crippen LogP contribution >= 0.6 is 7.60 Å². The molecular formula is C12H17O4P. The fourth-order valence-electron chi connectivity index (χ4n) is 1.40. The van der Waals surface area contributed by atoms with Gasteiger partial charge in [-0.2, -0.15) is 0 Å². The fourth-order valence-corrected chi connectivity index (χ4v) is 2.97. The summed E-state index contributed by atoms with van der Waals surface area (Å²) >= 11 is 0. The van der Waals surface area contributed by atoms with Crippen LogP contribution in [-0.4, -0.2) is 19.0 Å². The molecule has 0 spiro atoms. The minimum absolute atomic E-state index is 0.0285. The van der Waals surface area contributed by atoms with E-state index in [-0.39, 0.29) is 5.78 Å². The molecule has 1 aromatic rings. The highest BCUT2D eigenvalue weighted by molar-refractivity contribution is 7.62. The van der Waals surface area contributed by atoms with E-state index in [1.54, 1.807) is 38.1 Å². The molecule has 17 heavy (non-hydrogen) atoms. The average molecular weight is 256 g/mol. The van der Waals surface area contributed by atoms with Gasteiger partial charge in [0.2, 0.25) is 0 Å². The molecule has 0 aliphatic heterocycles. The number of hydrogen-bond donors (Lipinski definition) is 0. The maximum Gasteiger partial charge on any atom is 0.361 e. The van der Waals surface area contributed by atoms with Gasteiger partial charge in [-0.05, 0) is 32.9 Å². The molecule has 94 valence electrons. The predicted molar refractivity (Wildman–Crippen MR) is 66.9 cm³/mol. The van der Waals surface area contributed by atoms with Gasteiger partial charge in [0, 0.05) is 5.56 Å². The Morgan fingerprint density at radius 3 is 1.94 bits per heavy atom. The van der Waals surface area contributed by atoms with E-state index in [9.17, 15) is 9.36 Å². The zero-order valence-corrected chi connectivity index (χ0v) is 11.2. The van der Waals surface area contributed by atoms with E-state index < -0.39 is 7.60 Å². The fraction of sp³-hybridized carbons (Fsp3) is 0.417. The van der Waals surface area contributed by atoms with Crippen LogP contribution < -0.4 is 5.30 Å². The van der Waals surface area contributed by atoms with Crippen LogP contribution in [-0.2, 0) is 13.6 Å². The lowest BCUT2D eigenvalue weighted by Crippen LogP contribution is -2.11. The first-order valence-electron chi connectivity index (χ1n) is 5.54. The molecule has 1 aromatic carbocycles. The smallest absolute Gasteiger partial charge is 0.305 e. The van der Waals surface area contributed by atoms with Crippen LogP contribution in [0.3, 0.4) is 0 Å². The van der Waals surface area contributed by atoms with Crippen molar-refractivity contribution in [1.82, 2.24) is 0 Å². The van der Waals surface area contributed by atoms with Crippen molar-refractivity contribution in [2.45, 2.75) is 20.8 Å². The van der Waals surface area contributed by atoms with Gasteiger partial charge in [-0.3, -0.25) is 9.36 Å². The molecule has 0 radical (unpaired) electrons. The van der Waals surface area contributed by atoms with Gasteiger partial charge < -0.3 is 9.05 Å². The van der Waals surface area contributed by atoms with Crippen LogP contribution in [0.4, 0.5) is 0 Å². The summed E-state index contributed by atoms with van der Waals surface area (Å²) in [6.45, 7) is 5.63. The summed E-state index contributed by atoms with van der Waals surface area (Å²) in [5.41, 5.74) is 0.577. The molecule has 0 aliphatic rings. The lowest BCUT2D eigenvalue weighted by Gasteiger charge is -2.17. The maximum atomic E-state index is 12.4. The Morgan fingerprint density at radius 2 is 1.59 bits per heavy atom. The van der Waals surface area contributed by atoms with Crippen molar-refractivity contribution in [3.63, 3.8) is 0 Å². The highest BCUT2D eigenvalue weighted by Crippen LogP contribution is 2.46. The Hall–Kier alpha value is -0.960. The lowest BCUT2D eigenvalue weighted by molar-refractivity contribution is 0.101. The standard InChI is InChI=1S/C12H17O4P/c1-4-15-17(14,16-5-2)12-8-6-11(7-9-12)10(3)13/h6-9H,4-5H2,1-3H3. The summed E-state index contributed by atoms with van der Waals surface area (Å²) in [6, 6.07) is 6.48. The third-order valence-electron chi connectivity index (χ3n) is 2.19. The van der Waals surface area contributed by atoms with Gasteiger partial charge in [0.15, 0.2) is 5.78 Å². The summed E-state index contributed by atoms with van der Waals surface area (Å²) < 4.78 is 22.8. The summed E-state index contributed by atoms with van der Waals surface area (Å²) in [4.78, 5) is 11.1. The number of Topliss-reactive ketones (excluding diaryl/α,β-unsaturated/α-hetero) is 1. The van der Waals surface area contributed by atoms with Gasteiger partial charge >= 0.3 is 7.60 Å². The third-order valence-corrected chi connectivity index (χ3v) is 4.32. The normalized spacial score (nSPS) is 11.5. The van der Waals surface area contributed by atoms with E-state index in [0.717, 1.165) is 0 Å². The Bertz CT molecular complexity index is 415. The van der Waals surface area contributed by atoms with Crippen molar-refractivity contribution in [1.29, 1.82) is 0 Å². The molecule has 5 heteroatoms. The number of carbonyl (C=O) groups excluding carboxylic acids is 1. The Kier molecular flexibility index (Phi) is 5.06. The Morgan fingerprint density at radius 1 is 1.12 bits per heavy atom. The topological polar surface area (TPSA) is 52.6 Å². The predicted octanol–water partition coefficient (Wildman–Crippen LogP) is 2.78. The molecule has 0 fully saturated rings. The molecule has 0 atom stereocenters. The monoisotopic (exact) mass is 256 g/mol. The van der Waals surface area contributed by atoms with E-state index in [0.29, 0.717) is 24.1 Å². The second kappa shape index (κ2) is 6.10. The Labute approximate surface area is 101 Å². The molecule has 0 aliphatic carbocycles. The summed E-state index contributed by atoms with van der Waals surface area (Å²) in [6.07, 6.45) is 0. The highest BCUT2D eigenvalue weighted by atomic mass is 31.2. The summed E-state index contributed by atoms with van der Waals surface area (Å²) in [7, 11) is -3.23. The molecule has 0 unspecified atom stereocenters. The molecule has 0 N–H and O–H groups in total. The first-order valence-corrected chi connectivity index (χ1v) is 7.08. The van der Waals surface area contributed by atoms with Gasteiger partial charge in [-0.15, -0.1) is 0 Å². The van der Waals surface area contributed by atoms with Crippen LogP contribution in [0.25, 0.3) is 0 Å². The number of carbonyl (C=O) groups is 1. The van der Waals surface area contributed by atoms with Crippen molar-refractivity contribution in [3.05, 3.63) is 29.8 Å². The maximum absolute atomic E-state index is 12.4. The average Bonchev–Trinajstić information content (AvgIpc) is 2.30. The van der Waals surface area contributed by atoms with E-state index in [4.69, 9.17) is 9.05 Å². The molecule has 0 saturated carbocycles. The minimum Gasteiger partial charge on any atom is -0.305 e. The summed E-state index contributed by atoms with van der Waals surface area (Å²) in [5.74, 6) is -0.0285. The van der Waals surface area contributed by atoms with E-state index in [2.05, 4.69) is 0 Å². The SMILES string of the molecule is CCOP(=O)(OCC)c1ccc(C(C)=O)cc1. The number of benzene rings is 1. The van der Waals surface area contributed by atoms with E-state index in [1.165, 1.54) is 6.92 Å². The second-order valence-corrected chi connectivity index (χ2v) is 5.46. The number of rotatable bonds is 6. The highest BCUT2D eigenvalue weighted by Gasteiger charge is 2.26. The van der Waals surface area contributed by atoms with Gasteiger partial charge in [0.05, 0.1) is 18.5 Å². The molecule has 1 rings (SSSR count). The first kappa shape index (κ1) is 14.1. The molecule has 4 nitrogen and oxygen atoms in total.